The van der Waals surface area contributed by atoms with E-state index in [1.165, 1.54) is 6.08 Å². The van der Waals surface area contributed by atoms with Crippen molar-refractivity contribution >= 4 is 23.9 Å². The minimum absolute atomic E-state index is 0.186. The molecule has 0 bridgehead atoms. The Morgan fingerprint density at radius 2 is 1.66 bits per heavy atom. The fourth-order valence-electron chi connectivity index (χ4n) is 5.81. The molecule has 2 saturated heterocycles. The summed E-state index contributed by atoms with van der Waals surface area (Å²) in [4.78, 5) is 46.0. The van der Waals surface area contributed by atoms with Crippen molar-refractivity contribution < 1.29 is 53.8 Å². The van der Waals surface area contributed by atoms with Gasteiger partial charge >= 0.3 is 23.9 Å². The van der Waals surface area contributed by atoms with Crippen LogP contribution in [0, 0.1) is 11.8 Å². The number of carbonyl (C=O) groups is 4. The SMILES string of the molecule is CCCCC1(OC(=O)CCC(=O)O)CCC2(CCC(C)C(C/C=C(C)/C=C/C(O)C(C)/C=C/C(=O)O)O2)OC1/C=C\C(C)=C\C(=O)O. The molecule has 0 radical (unpaired) electrons. The van der Waals surface area contributed by atoms with E-state index in [4.69, 9.17) is 24.4 Å². The third kappa shape index (κ3) is 13.2. The number of esters is 1. The highest BCUT2D eigenvalue weighted by molar-refractivity contribution is 5.81. The number of unbranched alkanes of at least 4 members (excludes halogenated alkanes) is 1. The number of ether oxygens (including phenoxy) is 3. The summed E-state index contributed by atoms with van der Waals surface area (Å²) < 4.78 is 19.5. The van der Waals surface area contributed by atoms with Gasteiger partial charge in [-0.25, -0.2) is 9.59 Å². The van der Waals surface area contributed by atoms with E-state index in [2.05, 4.69) is 6.92 Å². The van der Waals surface area contributed by atoms with E-state index in [1.807, 2.05) is 19.9 Å². The Bertz CT molecular complexity index is 1250. The van der Waals surface area contributed by atoms with Gasteiger partial charge < -0.3 is 34.6 Å². The number of carboxylic acids is 3. The molecule has 1 spiro atoms. The van der Waals surface area contributed by atoms with Gasteiger partial charge in [0.1, 0.15) is 11.7 Å². The summed E-state index contributed by atoms with van der Waals surface area (Å²) in [5, 5.41) is 37.5. The third-order valence-corrected chi connectivity index (χ3v) is 8.78. The molecule has 0 aromatic rings. The summed E-state index contributed by atoms with van der Waals surface area (Å²) >= 11 is 0. The lowest BCUT2D eigenvalue weighted by Gasteiger charge is -2.53. The van der Waals surface area contributed by atoms with Crippen LogP contribution < -0.4 is 0 Å². The van der Waals surface area contributed by atoms with Crippen molar-refractivity contribution in [1.82, 2.24) is 0 Å². The molecule has 0 aromatic carbocycles. The Labute approximate surface area is 277 Å². The molecule has 7 unspecified atom stereocenters. The van der Waals surface area contributed by atoms with Gasteiger partial charge in [-0.05, 0) is 57.4 Å². The first-order valence-corrected chi connectivity index (χ1v) is 16.4. The van der Waals surface area contributed by atoms with E-state index in [1.54, 1.807) is 38.2 Å². The molecule has 2 aliphatic heterocycles. The van der Waals surface area contributed by atoms with E-state index in [9.17, 15) is 29.4 Å². The highest BCUT2D eigenvalue weighted by Crippen LogP contribution is 2.48. The van der Waals surface area contributed by atoms with Crippen LogP contribution in [-0.2, 0) is 33.4 Å². The molecule has 2 fully saturated rings. The predicted octanol–water partition coefficient (Wildman–Crippen LogP) is 6.13. The highest BCUT2D eigenvalue weighted by Gasteiger charge is 2.54. The van der Waals surface area contributed by atoms with Crippen LogP contribution in [0.25, 0.3) is 0 Å². The van der Waals surface area contributed by atoms with Crippen LogP contribution in [-0.4, -0.2) is 74.0 Å². The normalized spacial score (nSPS) is 28.6. The van der Waals surface area contributed by atoms with Crippen molar-refractivity contribution in [2.75, 3.05) is 0 Å². The molecule has 2 rings (SSSR count). The van der Waals surface area contributed by atoms with E-state index in [0.29, 0.717) is 37.7 Å². The quantitative estimate of drug-likeness (QED) is 0.0802. The Balaban J connectivity index is 2.31. The lowest BCUT2D eigenvalue weighted by atomic mass is 9.78. The number of rotatable bonds is 17. The molecule has 0 aromatic heterocycles. The molecule has 11 heteroatoms. The highest BCUT2D eigenvalue weighted by atomic mass is 16.7. The summed E-state index contributed by atoms with van der Waals surface area (Å²) in [6.07, 6.45) is 14.9. The molecule has 7 atom stereocenters. The number of hydrogen-bond acceptors (Lipinski definition) is 8. The maximum Gasteiger partial charge on any atom is 0.328 e. The van der Waals surface area contributed by atoms with Gasteiger partial charge in [0.15, 0.2) is 5.79 Å². The zero-order valence-corrected chi connectivity index (χ0v) is 28.2. The van der Waals surface area contributed by atoms with Gasteiger partial charge in [0, 0.05) is 30.9 Å². The number of carbonyl (C=O) groups excluding carboxylic acids is 1. The van der Waals surface area contributed by atoms with Gasteiger partial charge in [0.25, 0.3) is 0 Å². The monoisotopic (exact) mass is 660 g/mol. The molecule has 4 N–H and O–H groups in total. The molecule has 0 saturated carbocycles. The van der Waals surface area contributed by atoms with Crippen molar-refractivity contribution in [2.45, 2.75) is 129 Å². The summed E-state index contributed by atoms with van der Waals surface area (Å²) in [5.74, 6) is -4.98. The molecule has 2 heterocycles. The summed E-state index contributed by atoms with van der Waals surface area (Å²) in [5.41, 5.74) is 0.314. The molecule has 47 heavy (non-hydrogen) atoms. The van der Waals surface area contributed by atoms with Crippen LogP contribution in [0.3, 0.4) is 0 Å². The number of carboxylic acid groups (broad SMARTS) is 3. The second kappa shape index (κ2) is 18.7. The Morgan fingerprint density at radius 3 is 2.30 bits per heavy atom. The molecular weight excluding hydrogens is 608 g/mol. The standard InChI is InChI=1S/C36H52O11/c1-6-7-19-35(47-34(44)17-16-32(40)41)21-22-36(46-30(35)14-10-25(3)23-33(42)43)20-18-27(5)29(45-36)13-9-24(2)8-12-28(37)26(4)11-15-31(38)39/h8-12,14-15,23,26-30,37H,6-7,13,16-22H2,1-5H3,(H,38,39)(H,40,41)(H,42,43)/b12-8+,14-10-,15-11+,24-9+,25-23+. The second-order valence-corrected chi connectivity index (χ2v) is 12.8. The molecule has 11 nitrogen and oxygen atoms in total. The van der Waals surface area contributed by atoms with E-state index < -0.39 is 47.5 Å². The lowest BCUT2D eigenvalue weighted by molar-refractivity contribution is -0.344. The summed E-state index contributed by atoms with van der Waals surface area (Å²) in [6.45, 7) is 9.44. The number of allylic oxidation sites excluding steroid dienone is 4. The molecular formula is C36H52O11. The number of hydrogen-bond donors (Lipinski definition) is 4. The largest absolute Gasteiger partial charge is 0.481 e. The smallest absolute Gasteiger partial charge is 0.328 e. The van der Waals surface area contributed by atoms with Gasteiger partial charge in [-0.15, -0.1) is 0 Å². The summed E-state index contributed by atoms with van der Waals surface area (Å²) in [6, 6.07) is 0. The van der Waals surface area contributed by atoms with E-state index in [0.717, 1.165) is 37.0 Å². The molecule has 0 amide bonds. The maximum atomic E-state index is 12.9. The zero-order valence-electron chi connectivity index (χ0n) is 28.2. The Morgan fingerprint density at radius 1 is 0.936 bits per heavy atom. The van der Waals surface area contributed by atoms with Crippen LogP contribution in [0.1, 0.15) is 98.8 Å². The average molecular weight is 661 g/mol. The average Bonchev–Trinajstić information content (AvgIpc) is 3.01. The minimum atomic E-state index is -1.09. The molecule has 2 aliphatic rings. The maximum absolute atomic E-state index is 12.9. The zero-order chi connectivity index (χ0) is 35.2. The van der Waals surface area contributed by atoms with Gasteiger partial charge in [0.05, 0.1) is 25.0 Å². The van der Waals surface area contributed by atoms with E-state index in [-0.39, 0.29) is 30.8 Å². The van der Waals surface area contributed by atoms with Crippen molar-refractivity contribution in [1.29, 1.82) is 0 Å². The Hall–Kier alpha value is -3.54. The van der Waals surface area contributed by atoms with Gasteiger partial charge in [0.2, 0.25) is 0 Å². The van der Waals surface area contributed by atoms with Gasteiger partial charge in [-0.3, -0.25) is 9.59 Å². The second-order valence-electron chi connectivity index (χ2n) is 12.8. The van der Waals surface area contributed by atoms with Crippen molar-refractivity contribution in [3.05, 3.63) is 59.8 Å². The summed E-state index contributed by atoms with van der Waals surface area (Å²) in [7, 11) is 0. The van der Waals surface area contributed by atoms with Crippen molar-refractivity contribution in [2.24, 2.45) is 11.8 Å². The first-order valence-electron chi connectivity index (χ1n) is 16.4. The van der Waals surface area contributed by atoms with Crippen LogP contribution in [0.5, 0.6) is 0 Å². The predicted molar refractivity (Wildman–Crippen MR) is 175 cm³/mol. The molecule has 262 valence electrons. The van der Waals surface area contributed by atoms with Crippen LogP contribution in [0.15, 0.2) is 59.8 Å². The van der Waals surface area contributed by atoms with Gasteiger partial charge in [-0.2, -0.15) is 0 Å². The third-order valence-electron chi connectivity index (χ3n) is 8.78. The first-order chi connectivity index (χ1) is 22.1. The van der Waals surface area contributed by atoms with E-state index >= 15 is 0 Å². The van der Waals surface area contributed by atoms with Crippen LogP contribution >= 0.6 is 0 Å². The van der Waals surface area contributed by atoms with Crippen molar-refractivity contribution in [3.63, 3.8) is 0 Å². The molecule has 0 aliphatic carbocycles. The number of aliphatic hydroxyl groups excluding tert-OH is 1. The lowest BCUT2D eigenvalue weighted by Crippen LogP contribution is -2.59. The fraction of sp³-hybridized carbons (Fsp3) is 0.611. The number of aliphatic hydroxyl groups is 1. The first kappa shape index (κ1) is 39.6. The minimum Gasteiger partial charge on any atom is -0.481 e. The fourth-order valence-corrected chi connectivity index (χ4v) is 5.81. The van der Waals surface area contributed by atoms with Crippen LogP contribution in [0.2, 0.25) is 0 Å². The van der Waals surface area contributed by atoms with Gasteiger partial charge in [-0.1, -0.05) is 69.2 Å². The topological polar surface area (TPSA) is 177 Å². The van der Waals surface area contributed by atoms with Crippen LogP contribution in [0.4, 0.5) is 0 Å². The number of aliphatic carboxylic acids is 3. The Kier molecular flexibility index (Phi) is 15.8. The van der Waals surface area contributed by atoms with Crippen molar-refractivity contribution in [3.8, 4) is 0 Å².